The maximum atomic E-state index is 13.3. The Morgan fingerprint density at radius 3 is 2.48 bits per heavy atom. The molecule has 0 N–H and O–H groups in total. The lowest BCUT2D eigenvalue weighted by molar-refractivity contribution is 0.628. The summed E-state index contributed by atoms with van der Waals surface area (Å²) in [5.41, 5.74) is 3.32. The lowest BCUT2D eigenvalue weighted by Crippen LogP contribution is -2.16. The fourth-order valence-corrected chi connectivity index (χ4v) is 2.31. The molecule has 0 amide bonds. The number of hydrogen-bond acceptors (Lipinski definition) is 1. The van der Waals surface area contributed by atoms with Gasteiger partial charge in [-0.05, 0) is 53.9 Å². The highest BCUT2D eigenvalue weighted by molar-refractivity contribution is 5.62. The van der Waals surface area contributed by atoms with Crippen LogP contribution in [0, 0.1) is 12.7 Å². The van der Waals surface area contributed by atoms with Crippen LogP contribution in [-0.4, -0.2) is 4.57 Å². The minimum atomic E-state index is -0.291. The molecule has 2 nitrogen and oxygen atoms in total. The van der Waals surface area contributed by atoms with Crippen LogP contribution in [0.5, 0.6) is 0 Å². The zero-order valence-electron chi connectivity index (χ0n) is 11.6. The Kier molecular flexibility index (Phi) is 3.40. The zero-order valence-corrected chi connectivity index (χ0v) is 11.6. The van der Waals surface area contributed by atoms with Gasteiger partial charge in [0.1, 0.15) is 5.82 Å². The summed E-state index contributed by atoms with van der Waals surface area (Å²) in [6.45, 7) is 1.98. The Hall–Kier alpha value is -2.68. The zero-order chi connectivity index (χ0) is 14.8. The van der Waals surface area contributed by atoms with Crippen LogP contribution in [0.3, 0.4) is 0 Å². The normalized spacial score (nSPS) is 10.6. The molecule has 2 aromatic carbocycles. The van der Waals surface area contributed by atoms with Gasteiger partial charge >= 0.3 is 0 Å². The van der Waals surface area contributed by atoms with Crippen molar-refractivity contribution in [2.45, 2.75) is 6.92 Å². The first-order valence-electron chi connectivity index (χ1n) is 6.69. The van der Waals surface area contributed by atoms with E-state index in [0.717, 1.165) is 22.4 Å². The molecule has 0 aliphatic heterocycles. The van der Waals surface area contributed by atoms with Crippen molar-refractivity contribution in [2.75, 3.05) is 0 Å². The Morgan fingerprint density at radius 2 is 1.71 bits per heavy atom. The van der Waals surface area contributed by atoms with E-state index < -0.39 is 0 Å². The van der Waals surface area contributed by atoms with Gasteiger partial charge in [0.05, 0.1) is 0 Å². The largest absolute Gasteiger partial charge is 0.284 e. The third-order valence-electron chi connectivity index (χ3n) is 3.35. The Morgan fingerprint density at radius 1 is 0.905 bits per heavy atom. The molecule has 0 unspecified atom stereocenters. The highest BCUT2D eigenvalue weighted by Gasteiger charge is 2.04. The third-order valence-corrected chi connectivity index (χ3v) is 3.35. The molecule has 21 heavy (non-hydrogen) atoms. The van der Waals surface area contributed by atoms with Crippen LogP contribution in [0.4, 0.5) is 4.39 Å². The molecular weight excluding hydrogens is 265 g/mol. The fraction of sp³-hybridized carbons (Fsp3) is 0.0556. The van der Waals surface area contributed by atoms with E-state index in [0.29, 0.717) is 0 Å². The number of pyridine rings is 1. The van der Waals surface area contributed by atoms with Crippen molar-refractivity contribution >= 4 is 0 Å². The van der Waals surface area contributed by atoms with E-state index in [4.69, 9.17) is 0 Å². The Bertz CT molecular complexity index is 852. The van der Waals surface area contributed by atoms with Crippen LogP contribution >= 0.6 is 0 Å². The number of hydrogen-bond donors (Lipinski definition) is 0. The molecule has 3 rings (SSSR count). The molecule has 0 spiro atoms. The lowest BCUT2D eigenvalue weighted by Gasteiger charge is -2.09. The summed E-state index contributed by atoms with van der Waals surface area (Å²) in [6, 6.07) is 17.3. The minimum Gasteiger partial charge on any atom is -0.284 e. The van der Waals surface area contributed by atoms with Crippen LogP contribution in [-0.2, 0) is 0 Å². The standard InChI is InChI=1S/C18H14FNO/c1-13-4-2-7-17(10-13)20-12-15(8-9-18(20)21)14-5-3-6-16(19)11-14/h2-12H,1H3. The second kappa shape index (κ2) is 5.37. The maximum absolute atomic E-state index is 13.3. The van der Waals surface area contributed by atoms with Crippen molar-refractivity contribution < 1.29 is 4.39 Å². The summed E-state index contributed by atoms with van der Waals surface area (Å²) in [5, 5.41) is 0. The van der Waals surface area contributed by atoms with Crippen molar-refractivity contribution in [3.8, 4) is 16.8 Å². The van der Waals surface area contributed by atoms with Gasteiger partial charge in [-0.2, -0.15) is 0 Å². The number of nitrogens with zero attached hydrogens (tertiary/aromatic N) is 1. The van der Waals surface area contributed by atoms with Gasteiger partial charge in [0.15, 0.2) is 0 Å². The molecular formula is C18H14FNO. The highest BCUT2D eigenvalue weighted by Crippen LogP contribution is 2.20. The molecule has 104 valence electrons. The Balaban J connectivity index is 2.15. The number of aromatic nitrogens is 1. The molecule has 0 atom stereocenters. The summed E-state index contributed by atoms with van der Waals surface area (Å²) < 4.78 is 14.9. The van der Waals surface area contributed by atoms with Crippen molar-refractivity contribution in [2.24, 2.45) is 0 Å². The van der Waals surface area contributed by atoms with Crippen LogP contribution in [0.2, 0.25) is 0 Å². The SMILES string of the molecule is Cc1cccc(-n2cc(-c3cccc(F)c3)ccc2=O)c1. The van der Waals surface area contributed by atoms with Crippen LogP contribution in [0.15, 0.2) is 71.7 Å². The van der Waals surface area contributed by atoms with Crippen LogP contribution in [0.1, 0.15) is 5.56 Å². The first-order valence-corrected chi connectivity index (χ1v) is 6.69. The van der Waals surface area contributed by atoms with Gasteiger partial charge in [0.25, 0.3) is 5.56 Å². The number of aryl methyl sites for hydroxylation is 1. The molecule has 0 fully saturated rings. The molecule has 3 aromatic rings. The molecule has 0 aliphatic rings. The van der Waals surface area contributed by atoms with Gasteiger partial charge in [0.2, 0.25) is 0 Å². The first kappa shape index (κ1) is 13.3. The van der Waals surface area contributed by atoms with Crippen molar-refractivity contribution in [3.63, 3.8) is 0 Å². The summed E-state index contributed by atoms with van der Waals surface area (Å²) in [6.07, 6.45) is 1.74. The molecule has 3 heteroatoms. The number of benzene rings is 2. The smallest absolute Gasteiger partial charge is 0.255 e. The molecule has 1 heterocycles. The predicted molar refractivity (Wildman–Crippen MR) is 82.2 cm³/mol. The predicted octanol–water partition coefficient (Wildman–Crippen LogP) is 3.95. The molecule has 0 saturated carbocycles. The number of rotatable bonds is 2. The molecule has 0 saturated heterocycles. The van der Waals surface area contributed by atoms with Gasteiger partial charge in [0, 0.05) is 18.0 Å². The molecule has 0 aliphatic carbocycles. The highest BCUT2D eigenvalue weighted by atomic mass is 19.1. The minimum absolute atomic E-state index is 0.110. The Labute approximate surface area is 122 Å². The van der Waals surface area contributed by atoms with E-state index in [9.17, 15) is 9.18 Å². The summed E-state index contributed by atoms with van der Waals surface area (Å²) in [5.74, 6) is -0.291. The summed E-state index contributed by atoms with van der Waals surface area (Å²) >= 11 is 0. The average molecular weight is 279 g/mol. The first-order chi connectivity index (χ1) is 10.1. The average Bonchev–Trinajstić information content (AvgIpc) is 2.47. The van der Waals surface area contributed by atoms with Gasteiger partial charge in [-0.25, -0.2) is 4.39 Å². The van der Waals surface area contributed by atoms with Gasteiger partial charge < -0.3 is 0 Å². The monoisotopic (exact) mass is 279 g/mol. The van der Waals surface area contributed by atoms with E-state index in [1.54, 1.807) is 22.9 Å². The van der Waals surface area contributed by atoms with E-state index >= 15 is 0 Å². The van der Waals surface area contributed by atoms with Gasteiger partial charge in [-0.3, -0.25) is 9.36 Å². The summed E-state index contributed by atoms with van der Waals surface area (Å²) in [4.78, 5) is 12.1. The molecule has 1 aromatic heterocycles. The quantitative estimate of drug-likeness (QED) is 0.696. The number of halogens is 1. The lowest BCUT2D eigenvalue weighted by atomic mass is 10.1. The van der Waals surface area contributed by atoms with Crippen LogP contribution in [0.25, 0.3) is 16.8 Å². The van der Waals surface area contributed by atoms with Crippen molar-refractivity contribution in [1.29, 1.82) is 0 Å². The topological polar surface area (TPSA) is 22.0 Å². The van der Waals surface area contributed by atoms with E-state index in [-0.39, 0.29) is 11.4 Å². The van der Waals surface area contributed by atoms with Gasteiger partial charge in [-0.15, -0.1) is 0 Å². The van der Waals surface area contributed by atoms with E-state index in [1.165, 1.54) is 18.2 Å². The van der Waals surface area contributed by atoms with Crippen molar-refractivity contribution in [3.05, 3.63) is 88.6 Å². The second-order valence-electron chi connectivity index (χ2n) is 4.98. The molecule has 0 radical (unpaired) electrons. The van der Waals surface area contributed by atoms with Crippen molar-refractivity contribution in [1.82, 2.24) is 4.57 Å². The molecule has 0 bridgehead atoms. The van der Waals surface area contributed by atoms with Crippen LogP contribution < -0.4 is 5.56 Å². The van der Waals surface area contributed by atoms with Gasteiger partial charge in [-0.1, -0.05) is 24.3 Å². The second-order valence-corrected chi connectivity index (χ2v) is 4.98. The van der Waals surface area contributed by atoms with E-state index in [1.807, 2.05) is 37.3 Å². The van der Waals surface area contributed by atoms with E-state index in [2.05, 4.69) is 0 Å². The third kappa shape index (κ3) is 2.77. The summed E-state index contributed by atoms with van der Waals surface area (Å²) in [7, 11) is 0. The maximum Gasteiger partial charge on any atom is 0.255 e. The fourth-order valence-electron chi connectivity index (χ4n) is 2.31.